The predicted molar refractivity (Wildman–Crippen MR) is 118 cm³/mol. The number of anilines is 1. The van der Waals surface area contributed by atoms with Gasteiger partial charge in [-0.25, -0.2) is 13.2 Å². The Morgan fingerprint density at radius 3 is 2.47 bits per heavy atom. The van der Waals surface area contributed by atoms with Gasteiger partial charge in [0.05, 0.1) is 13.2 Å². The number of sulfonamides is 1. The molecule has 10 heteroatoms. The van der Waals surface area contributed by atoms with Gasteiger partial charge in [0.2, 0.25) is 5.91 Å². The van der Waals surface area contributed by atoms with Gasteiger partial charge in [-0.3, -0.25) is 4.79 Å². The van der Waals surface area contributed by atoms with E-state index in [2.05, 4.69) is 5.32 Å². The average molecular weight is 465 g/mol. The van der Waals surface area contributed by atoms with Crippen molar-refractivity contribution in [1.82, 2.24) is 4.31 Å². The van der Waals surface area contributed by atoms with Gasteiger partial charge in [0, 0.05) is 18.0 Å². The predicted octanol–water partition coefficient (Wildman–Crippen LogP) is 3.91. The molecule has 7 nitrogen and oxygen atoms in total. The maximum Gasteiger partial charge on any atom is 0.341 e. The third-order valence-corrected chi connectivity index (χ3v) is 8.21. The molecule has 0 unspecified atom stereocenters. The molecule has 1 aromatic carbocycles. The van der Waals surface area contributed by atoms with Crippen molar-refractivity contribution >= 4 is 49.6 Å². The Morgan fingerprint density at radius 2 is 1.83 bits per heavy atom. The van der Waals surface area contributed by atoms with E-state index in [1.165, 1.54) is 24.5 Å². The van der Waals surface area contributed by atoms with Crippen molar-refractivity contribution < 1.29 is 22.7 Å². The summed E-state index contributed by atoms with van der Waals surface area (Å²) < 4.78 is 31.3. The van der Waals surface area contributed by atoms with Gasteiger partial charge in [-0.1, -0.05) is 36.4 Å². The lowest BCUT2D eigenvalue weighted by molar-refractivity contribution is -0.116. The van der Waals surface area contributed by atoms with Gasteiger partial charge >= 0.3 is 5.97 Å². The Morgan fingerprint density at radius 1 is 1.10 bits per heavy atom. The fourth-order valence-electron chi connectivity index (χ4n) is 2.70. The lowest BCUT2D eigenvalue weighted by Gasteiger charge is -2.15. The third-order valence-electron chi connectivity index (χ3n) is 4.13. The Balaban J connectivity index is 1.83. The Labute approximate surface area is 183 Å². The van der Waals surface area contributed by atoms with Gasteiger partial charge in [-0.2, -0.15) is 4.31 Å². The number of amides is 1. The monoisotopic (exact) mass is 464 g/mol. The molecule has 158 valence electrons. The number of nitrogens with zero attached hydrogens (tertiary/aromatic N) is 1. The van der Waals surface area contributed by atoms with Crippen LogP contribution in [0.15, 0.2) is 57.4 Å². The number of likely N-dealkylation sites (N-methyl/N-ethyl adjacent to an activating group) is 1. The summed E-state index contributed by atoms with van der Waals surface area (Å²) in [5.74, 6) is -1.10. The van der Waals surface area contributed by atoms with Crippen LogP contribution >= 0.6 is 22.7 Å². The number of carbonyl (C=O) groups excluding carboxylic acids is 2. The molecule has 3 rings (SSSR count). The van der Waals surface area contributed by atoms with Crippen LogP contribution in [0.2, 0.25) is 0 Å². The van der Waals surface area contributed by atoms with E-state index in [1.54, 1.807) is 23.8 Å². The second kappa shape index (κ2) is 9.52. The van der Waals surface area contributed by atoms with E-state index in [0.29, 0.717) is 10.6 Å². The quantitative estimate of drug-likeness (QED) is 0.510. The van der Waals surface area contributed by atoms with Crippen LogP contribution in [0.25, 0.3) is 11.1 Å². The highest BCUT2D eigenvalue weighted by molar-refractivity contribution is 7.91. The highest BCUT2D eigenvalue weighted by atomic mass is 32.2. The van der Waals surface area contributed by atoms with Crippen molar-refractivity contribution in [2.45, 2.75) is 11.1 Å². The average Bonchev–Trinajstić information content (AvgIpc) is 3.39. The van der Waals surface area contributed by atoms with Crippen LogP contribution < -0.4 is 5.32 Å². The molecule has 0 aliphatic carbocycles. The van der Waals surface area contributed by atoms with Crippen molar-refractivity contribution in [2.75, 3.05) is 25.5 Å². The molecule has 0 spiro atoms. The van der Waals surface area contributed by atoms with Crippen molar-refractivity contribution in [1.29, 1.82) is 0 Å². The highest BCUT2D eigenvalue weighted by Crippen LogP contribution is 2.36. The molecule has 0 aliphatic heterocycles. The summed E-state index contributed by atoms with van der Waals surface area (Å²) >= 11 is 2.27. The second-order valence-corrected chi connectivity index (χ2v) is 10.3. The molecule has 0 bridgehead atoms. The molecule has 0 atom stereocenters. The zero-order chi connectivity index (χ0) is 21.7. The Bertz CT molecular complexity index is 1120. The van der Waals surface area contributed by atoms with Crippen LogP contribution in [0.5, 0.6) is 0 Å². The minimum Gasteiger partial charge on any atom is -0.462 e. The summed E-state index contributed by atoms with van der Waals surface area (Å²) in [6.07, 6.45) is 0. The molecule has 0 radical (unpaired) electrons. The minimum atomic E-state index is -3.75. The lowest BCUT2D eigenvalue weighted by atomic mass is 10.0. The summed E-state index contributed by atoms with van der Waals surface area (Å²) in [5, 5.41) is 6.41. The van der Waals surface area contributed by atoms with E-state index in [9.17, 15) is 18.0 Å². The number of nitrogens with one attached hydrogen (secondary N) is 1. The molecular weight excluding hydrogens is 444 g/mol. The van der Waals surface area contributed by atoms with E-state index in [1.807, 2.05) is 30.3 Å². The maximum absolute atomic E-state index is 12.6. The van der Waals surface area contributed by atoms with Crippen LogP contribution in [0, 0.1) is 0 Å². The van der Waals surface area contributed by atoms with Crippen molar-refractivity contribution in [2.24, 2.45) is 0 Å². The SMILES string of the molecule is CCOC(=O)c1c(-c2ccccc2)csc1NC(=O)CN(C)S(=O)(=O)c1cccs1. The molecule has 0 saturated heterocycles. The fourth-order valence-corrected chi connectivity index (χ4v) is 6.00. The van der Waals surface area contributed by atoms with Crippen LogP contribution in [-0.2, 0) is 19.6 Å². The number of esters is 1. The van der Waals surface area contributed by atoms with Crippen molar-refractivity contribution in [3.8, 4) is 11.1 Å². The Hall–Kier alpha value is -2.53. The zero-order valence-electron chi connectivity index (χ0n) is 16.3. The van der Waals surface area contributed by atoms with Gasteiger partial charge in [0.15, 0.2) is 0 Å². The lowest BCUT2D eigenvalue weighted by Crippen LogP contribution is -2.34. The molecule has 1 N–H and O–H groups in total. The molecule has 0 saturated carbocycles. The minimum absolute atomic E-state index is 0.160. The van der Waals surface area contributed by atoms with E-state index in [4.69, 9.17) is 4.74 Å². The second-order valence-electron chi connectivity index (χ2n) is 6.18. The molecular formula is C20H20N2O5S3. The number of hydrogen-bond donors (Lipinski definition) is 1. The number of carbonyl (C=O) groups is 2. The summed E-state index contributed by atoms with van der Waals surface area (Å²) in [7, 11) is -2.42. The first-order valence-corrected chi connectivity index (χ1v) is 12.2. The summed E-state index contributed by atoms with van der Waals surface area (Å²) in [6, 6.07) is 12.4. The van der Waals surface area contributed by atoms with Crippen LogP contribution in [0.4, 0.5) is 5.00 Å². The van der Waals surface area contributed by atoms with E-state index < -0.39 is 21.9 Å². The molecule has 2 heterocycles. The normalized spacial score (nSPS) is 11.4. The Kier molecular flexibility index (Phi) is 7.03. The number of thiophene rings is 2. The van der Waals surface area contributed by atoms with Gasteiger partial charge in [0.1, 0.15) is 14.8 Å². The van der Waals surface area contributed by atoms with E-state index >= 15 is 0 Å². The zero-order valence-corrected chi connectivity index (χ0v) is 18.8. The third kappa shape index (κ3) is 4.78. The summed E-state index contributed by atoms with van der Waals surface area (Å²) in [6.45, 7) is 1.51. The first-order valence-electron chi connectivity index (χ1n) is 8.98. The van der Waals surface area contributed by atoms with Crippen LogP contribution in [-0.4, -0.2) is 44.8 Å². The van der Waals surface area contributed by atoms with E-state index in [0.717, 1.165) is 21.2 Å². The maximum atomic E-state index is 12.6. The van der Waals surface area contributed by atoms with Gasteiger partial charge < -0.3 is 10.1 Å². The standard InChI is InChI=1S/C20H20N2O5S3/c1-3-27-20(24)18-15(14-8-5-4-6-9-14)13-29-19(18)21-16(23)12-22(2)30(25,26)17-10-7-11-28-17/h4-11,13H,3,12H2,1-2H3,(H,21,23). The molecule has 1 amide bonds. The van der Waals surface area contributed by atoms with E-state index in [-0.39, 0.29) is 22.9 Å². The van der Waals surface area contributed by atoms with Crippen molar-refractivity contribution in [3.05, 3.63) is 58.8 Å². The topological polar surface area (TPSA) is 92.8 Å². The molecule has 3 aromatic rings. The van der Waals surface area contributed by atoms with Gasteiger partial charge in [0.25, 0.3) is 10.0 Å². The molecule has 0 aliphatic rings. The first-order chi connectivity index (χ1) is 14.3. The number of benzene rings is 1. The highest BCUT2D eigenvalue weighted by Gasteiger charge is 2.26. The summed E-state index contributed by atoms with van der Waals surface area (Å²) in [4.78, 5) is 25.1. The number of hydrogen-bond acceptors (Lipinski definition) is 7. The van der Waals surface area contributed by atoms with Crippen LogP contribution in [0.3, 0.4) is 0 Å². The molecule has 30 heavy (non-hydrogen) atoms. The van der Waals surface area contributed by atoms with Gasteiger partial charge in [-0.15, -0.1) is 22.7 Å². The van der Waals surface area contributed by atoms with Crippen molar-refractivity contribution in [3.63, 3.8) is 0 Å². The smallest absolute Gasteiger partial charge is 0.341 e. The largest absolute Gasteiger partial charge is 0.462 e. The number of rotatable bonds is 8. The molecule has 0 fully saturated rings. The molecule has 2 aromatic heterocycles. The van der Waals surface area contributed by atoms with Crippen LogP contribution in [0.1, 0.15) is 17.3 Å². The fraction of sp³-hybridized carbons (Fsp3) is 0.200. The number of ether oxygens (including phenoxy) is 1. The van der Waals surface area contributed by atoms with Gasteiger partial charge in [-0.05, 0) is 23.9 Å². The first kappa shape index (κ1) is 22.2. The summed E-state index contributed by atoms with van der Waals surface area (Å²) in [5.41, 5.74) is 1.72.